The summed E-state index contributed by atoms with van der Waals surface area (Å²) in [5.41, 5.74) is 1.00. The Balaban J connectivity index is 2.26. The van der Waals surface area contributed by atoms with E-state index in [9.17, 15) is 0 Å². The van der Waals surface area contributed by atoms with Gasteiger partial charge in [0.15, 0.2) is 0 Å². The first-order chi connectivity index (χ1) is 8.79. The van der Waals surface area contributed by atoms with Gasteiger partial charge in [-0.05, 0) is 24.3 Å². The molecule has 0 unspecified atom stereocenters. The number of ether oxygens (including phenoxy) is 1. The quantitative estimate of drug-likeness (QED) is 0.686. The largest absolute Gasteiger partial charge is 0.496 e. The Hall–Kier alpha value is -0.420. The maximum Gasteiger partial charge on any atom is 0.124 e. The van der Waals surface area contributed by atoms with Crippen LogP contribution >= 0.6 is 23.4 Å². The molecule has 0 aliphatic rings. The first kappa shape index (κ1) is 15.6. The molecule has 0 aliphatic heterocycles. The number of hydrogen-bond acceptors (Lipinski definition) is 4. The molecular formula is C13H20ClNO2S. The van der Waals surface area contributed by atoms with Crippen molar-refractivity contribution >= 4 is 23.4 Å². The lowest BCUT2D eigenvalue weighted by Gasteiger charge is -2.11. The average Bonchev–Trinajstić information content (AvgIpc) is 2.39. The molecule has 18 heavy (non-hydrogen) atoms. The predicted octanol–water partition coefficient (Wildman–Crippen LogP) is 2.55. The van der Waals surface area contributed by atoms with Crippen LogP contribution in [0.4, 0.5) is 0 Å². The molecule has 2 N–H and O–H groups in total. The van der Waals surface area contributed by atoms with Crippen molar-refractivity contribution in [1.29, 1.82) is 0 Å². The number of aliphatic hydroxyl groups excluding tert-OH is 1. The van der Waals surface area contributed by atoms with Crippen LogP contribution in [0.15, 0.2) is 18.2 Å². The van der Waals surface area contributed by atoms with Crippen molar-refractivity contribution in [2.24, 2.45) is 0 Å². The third kappa shape index (κ3) is 5.48. The molecule has 0 aromatic heterocycles. The van der Waals surface area contributed by atoms with E-state index in [-0.39, 0.29) is 6.61 Å². The second-order valence-electron chi connectivity index (χ2n) is 3.79. The second kappa shape index (κ2) is 9.50. The molecule has 3 nitrogen and oxygen atoms in total. The summed E-state index contributed by atoms with van der Waals surface area (Å²) in [6.07, 6.45) is 0.864. The Kier molecular flexibility index (Phi) is 8.25. The van der Waals surface area contributed by atoms with Gasteiger partial charge in [-0.2, -0.15) is 11.8 Å². The minimum absolute atomic E-state index is 0.275. The van der Waals surface area contributed by atoms with Crippen LogP contribution in [0, 0.1) is 0 Å². The maximum atomic E-state index is 8.65. The van der Waals surface area contributed by atoms with E-state index < -0.39 is 0 Å². The van der Waals surface area contributed by atoms with Gasteiger partial charge in [-0.15, -0.1) is 0 Å². The summed E-state index contributed by atoms with van der Waals surface area (Å²) in [4.78, 5) is 0. The van der Waals surface area contributed by atoms with Crippen LogP contribution in [0.2, 0.25) is 5.02 Å². The number of rotatable bonds is 9. The van der Waals surface area contributed by atoms with Crippen molar-refractivity contribution in [3.63, 3.8) is 0 Å². The highest BCUT2D eigenvalue weighted by Crippen LogP contribution is 2.25. The topological polar surface area (TPSA) is 41.5 Å². The monoisotopic (exact) mass is 289 g/mol. The molecule has 0 fully saturated rings. The summed E-state index contributed by atoms with van der Waals surface area (Å²) in [6, 6.07) is 5.67. The van der Waals surface area contributed by atoms with Gasteiger partial charge in [0.2, 0.25) is 0 Å². The molecule has 0 heterocycles. The molecule has 0 aliphatic carbocycles. The number of benzene rings is 1. The molecular weight excluding hydrogens is 270 g/mol. The zero-order valence-corrected chi connectivity index (χ0v) is 12.2. The van der Waals surface area contributed by atoms with Crippen molar-refractivity contribution < 1.29 is 9.84 Å². The molecule has 0 atom stereocenters. The third-order valence-electron chi connectivity index (χ3n) is 2.47. The van der Waals surface area contributed by atoms with Crippen LogP contribution < -0.4 is 10.1 Å². The van der Waals surface area contributed by atoms with Gasteiger partial charge in [0, 0.05) is 36.0 Å². The molecule has 0 spiro atoms. The van der Waals surface area contributed by atoms with Crippen LogP contribution in [0.1, 0.15) is 12.0 Å². The predicted molar refractivity (Wildman–Crippen MR) is 78.7 cm³/mol. The molecule has 5 heteroatoms. The number of nitrogens with one attached hydrogen (secondary N) is 1. The molecule has 0 saturated heterocycles. The summed E-state index contributed by atoms with van der Waals surface area (Å²) >= 11 is 7.98. The van der Waals surface area contributed by atoms with Crippen LogP contribution in [0.3, 0.4) is 0 Å². The van der Waals surface area contributed by atoms with E-state index in [1.165, 1.54) is 0 Å². The number of methoxy groups -OCH3 is 1. The van der Waals surface area contributed by atoms with Gasteiger partial charge >= 0.3 is 0 Å². The Bertz CT molecular complexity index is 350. The first-order valence-electron chi connectivity index (χ1n) is 6.00. The Morgan fingerprint density at radius 3 is 2.94 bits per heavy atom. The smallest absolute Gasteiger partial charge is 0.124 e. The lowest BCUT2D eigenvalue weighted by atomic mass is 10.2. The highest BCUT2D eigenvalue weighted by atomic mass is 35.5. The molecule has 0 saturated carbocycles. The van der Waals surface area contributed by atoms with Gasteiger partial charge in [0.05, 0.1) is 7.11 Å². The van der Waals surface area contributed by atoms with Gasteiger partial charge < -0.3 is 15.2 Å². The highest BCUT2D eigenvalue weighted by Gasteiger charge is 2.06. The van der Waals surface area contributed by atoms with Crippen molar-refractivity contribution in [1.82, 2.24) is 5.32 Å². The minimum Gasteiger partial charge on any atom is -0.496 e. The molecule has 0 radical (unpaired) electrons. The van der Waals surface area contributed by atoms with E-state index in [0.29, 0.717) is 6.54 Å². The Morgan fingerprint density at radius 1 is 1.39 bits per heavy atom. The number of thioether (sulfide) groups is 1. The lowest BCUT2D eigenvalue weighted by Crippen LogP contribution is -2.17. The molecule has 0 bridgehead atoms. The van der Waals surface area contributed by atoms with Crippen LogP contribution in [-0.2, 0) is 6.54 Å². The summed E-state index contributed by atoms with van der Waals surface area (Å²) < 4.78 is 5.28. The molecule has 1 aromatic rings. The average molecular weight is 290 g/mol. The van der Waals surface area contributed by atoms with Gasteiger partial charge in [-0.1, -0.05) is 17.7 Å². The number of aliphatic hydroxyl groups is 1. The van der Waals surface area contributed by atoms with E-state index in [4.69, 9.17) is 21.4 Å². The summed E-state index contributed by atoms with van der Waals surface area (Å²) in [6.45, 7) is 1.91. The molecule has 102 valence electrons. The lowest BCUT2D eigenvalue weighted by molar-refractivity contribution is 0.296. The summed E-state index contributed by atoms with van der Waals surface area (Å²) in [5.74, 6) is 2.86. The number of halogens is 1. The third-order valence-corrected chi connectivity index (χ3v) is 3.89. The van der Waals surface area contributed by atoms with Crippen molar-refractivity contribution in [2.45, 2.75) is 13.0 Å². The van der Waals surface area contributed by atoms with Gasteiger partial charge in [0.25, 0.3) is 0 Å². The van der Waals surface area contributed by atoms with E-state index in [2.05, 4.69) is 5.32 Å². The summed E-state index contributed by atoms with van der Waals surface area (Å²) in [5, 5.41) is 12.7. The van der Waals surface area contributed by atoms with Crippen LogP contribution in [0.25, 0.3) is 0 Å². The van der Waals surface area contributed by atoms with Crippen molar-refractivity contribution in [3.05, 3.63) is 28.8 Å². The van der Waals surface area contributed by atoms with Gasteiger partial charge in [-0.25, -0.2) is 0 Å². The fourth-order valence-electron chi connectivity index (χ4n) is 1.53. The van der Waals surface area contributed by atoms with E-state index >= 15 is 0 Å². The zero-order valence-electron chi connectivity index (χ0n) is 10.6. The first-order valence-corrected chi connectivity index (χ1v) is 7.53. The summed E-state index contributed by atoms with van der Waals surface area (Å²) in [7, 11) is 1.65. The maximum absolute atomic E-state index is 8.65. The Morgan fingerprint density at radius 2 is 2.22 bits per heavy atom. The molecule has 0 amide bonds. The SMILES string of the molecule is COc1cccc(Cl)c1CNCCSCCCO. The Labute approximate surface area is 118 Å². The standard InChI is InChI=1S/C13H20ClNO2S/c1-17-13-5-2-4-12(14)11(13)10-15-6-9-18-8-3-7-16/h2,4-5,15-16H,3,6-10H2,1H3. The minimum atomic E-state index is 0.275. The fourth-order valence-corrected chi connectivity index (χ4v) is 2.59. The normalized spacial score (nSPS) is 10.6. The van der Waals surface area contributed by atoms with E-state index in [1.54, 1.807) is 7.11 Å². The van der Waals surface area contributed by atoms with Crippen LogP contribution in [-0.4, -0.2) is 36.9 Å². The number of hydrogen-bond donors (Lipinski definition) is 2. The fraction of sp³-hybridized carbons (Fsp3) is 0.538. The highest BCUT2D eigenvalue weighted by molar-refractivity contribution is 7.99. The van der Waals surface area contributed by atoms with E-state index in [1.807, 2.05) is 30.0 Å². The van der Waals surface area contributed by atoms with Gasteiger partial charge in [-0.3, -0.25) is 0 Å². The molecule has 1 rings (SSSR count). The second-order valence-corrected chi connectivity index (χ2v) is 5.42. The van der Waals surface area contributed by atoms with Crippen LogP contribution in [0.5, 0.6) is 5.75 Å². The van der Waals surface area contributed by atoms with Gasteiger partial charge in [0.1, 0.15) is 5.75 Å². The molecule has 1 aromatic carbocycles. The van der Waals surface area contributed by atoms with E-state index in [0.717, 1.165) is 40.8 Å². The van der Waals surface area contributed by atoms with Crippen molar-refractivity contribution in [3.8, 4) is 5.75 Å². The zero-order chi connectivity index (χ0) is 13.2. The van der Waals surface area contributed by atoms with Crippen molar-refractivity contribution in [2.75, 3.05) is 31.8 Å².